The average molecular weight is 162 g/mol. The van der Waals surface area contributed by atoms with Crippen LogP contribution in [0, 0.1) is 0 Å². The SMILES string of the molecule is C=CC(=O)c1cccc(OC)c1. The van der Waals surface area contributed by atoms with E-state index in [1.54, 1.807) is 31.4 Å². The molecule has 2 nitrogen and oxygen atoms in total. The Morgan fingerprint density at radius 2 is 2.33 bits per heavy atom. The van der Waals surface area contributed by atoms with Crippen molar-refractivity contribution >= 4 is 5.78 Å². The minimum Gasteiger partial charge on any atom is -0.497 e. The smallest absolute Gasteiger partial charge is 0.185 e. The summed E-state index contributed by atoms with van der Waals surface area (Å²) in [6, 6.07) is 6.98. The van der Waals surface area contributed by atoms with Gasteiger partial charge in [0.15, 0.2) is 5.78 Å². The molecule has 2 heteroatoms. The molecule has 0 aliphatic carbocycles. The van der Waals surface area contributed by atoms with Crippen molar-refractivity contribution in [2.75, 3.05) is 7.11 Å². The molecule has 1 aromatic rings. The predicted octanol–water partition coefficient (Wildman–Crippen LogP) is 2.06. The lowest BCUT2D eigenvalue weighted by Gasteiger charge is -2.00. The van der Waals surface area contributed by atoms with E-state index < -0.39 is 0 Å². The predicted molar refractivity (Wildman–Crippen MR) is 47.5 cm³/mol. The molecule has 0 saturated carbocycles. The van der Waals surface area contributed by atoms with Gasteiger partial charge in [-0.2, -0.15) is 0 Å². The number of rotatable bonds is 3. The minimum atomic E-state index is -0.0890. The largest absolute Gasteiger partial charge is 0.497 e. The molecular weight excluding hydrogens is 152 g/mol. The molecule has 0 N–H and O–H groups in total. The molecule has 1 aromatic carbocycles. The van der Waals surface area contributed by atoms with Gasteiger partial charge in [0, 0.05) is 5.56 Å². The van der Waals surface area contributed by atoms with Gasteiger partial charge in [-0.25, -0.2) is 0 Å². The second kappa shape index (κ2) is 3.72. The molecular formula is C10H10O2. The fraction of sp³-hybridized carbons (Fsp3) is 0.100. The summed E-state index contributed by atoms with van der Waals surface area (Å²) in [5, 5.41) is 0. The van der Waals surface area contributed by atoms with E-state index in [1.165, 1.54) is 6.08 Å². The first-order valence-corrected chi connectivity index (χ1v) is 3.58. The van der Waals surface area contributed by atoms with Crippen molar-refractivity contribution in [3.05, 3.63) is 42.5 Å². The number of hydrogen-bond donors (Lipinski definition) is 0. The standard InChI is InChI=1S/C10H10O2/c1-3-10(11)8-5-4-6-9(7-8)12-2/h3-7H,1H2,2H3. The molecule has 0 aromatic heterocycles. The molecule has 0 heterocycles. The monoisotopic (exact) mass is 162 g/mol. The number of ether oxygens (including phenoxy) is 1. The van der Waals surface area contributed by atoms with Crippen LogP contribution in [0.25, 0.3) is 0 Å². The van der Waals surface area contributed by atoms with Crippen LogP contribution in [-0.2, 0) is 0 Å². The first-order valence-electron chi connectivity index (χ1n) is 3.58. The summed E-state index contributed by atoms with van der Waals surface area (Å²) < 4.78 is 4.96. The van der Waals surface area contributed by atoms with Crippen LogP contribution in [0.1, 0.15) is 10.4 Å². The first kappa shape index (κ1) is 8.53. The second-order valence-corrected chi connectivity index (χ2v) is 2.30. The van der Waals surface area contributed by atoms with Gasteiger partial charge in [0.25, 0.3) is 0 Å². The summed E-state index contributed by atoms with van der Waals surface area (Å²) in [6.45, 7) is 3.40. The first-order chi connectivity index (χ1) is 5.77. The van der Waals surface area contributed by atoms with E-state index >= 15 is 0 Å². The van der Waals surface area contributed by atoms with Crippen LogP contribution >= 0.6 is 0 Å². The Kier molecular flexibility index (Phi) is 2.64. The molecule has 0 unspecified atom stereocenters. The van der Waals surface area contributed by atoms with Gasteiger partial charge in [0.05, 0.1) is 7.11 Å². The molecule has 0 aliphatic heterocycles. The lowest BCUT2D eigenvalue weighted by Crippen LogP contribution is -1.93. The summed E-state index contributed by atoms with van der Waals surface area (Å²) in [5.41, 5.74) is 0.601. The Morgan fingerprint density at radius 3 is 2.92 bits per heavy atom. The van der Waals surface area contributed by atoms with Crippen LogP contribution < -0.4 is 4.74 Å². The van der Waals surface area contributed by atoms with E-state index in [-0.39, 0.29) is 5.78 Å². The van der Waals surface area contributed by atoms with Crippen LogP contribution in [0.15, 0.2) is 36.9 Å². The van der Waals surface area contributed by atoms with Crippen LogP contribution in [-0.4, -0.2) is 12.9 Å². The Bertz CT molecular complexity index is 302. The molecule has 0 atom stereocenters. The number of allylic oxidation sites excluding steroid dienone is 1. The molecule has 0 aliphatic rings. The van der Waals surface area contributed by atoms with E-state index in [0.29, 0.717) is 11.3 Å². The van der Waals surface area contributed by atoms with Crippen molar-refractivity contribution in [1.82, 2.24) is 0 Å². The molecule has 62 valence electrons. The number of carbonyl (C=O) groups is 1. The van der Waals surface area contributed by atoms with Gasteiger partial charge in [-0.15, -0.1) is 0 Å². The van der Waals surface area contributed by atoms with E-state index in [2.05, 4.69) is 6.58 Å². The van der Waals surface area contributed by atoms with E-state index in [9.17, 15) is 4.79 Å². The van der Waals surface area contributed by atoms with Crippen molar-refractivity contribution in [2.45, 2.75) is 0 Å². The van der Waals surface area contributed by atoms with Crippen molar-refractivity contribution in [3.8, 4) is 5.75 Å². The van der Waals surface area contributed by atoms with Crippen molar-refractivity contribution in [1.29, 1.82) is 0 Å². The zero-order valence-electron chi connectivity index (χ0n) is 6.91. The Balaban J connectivity index is 3.01. The Labute approximate surface area is 71.5 Å². The molecule has 12 heavy (non-hydrogen) atoms. The van der Waals surface area contributed by atoms with Crippen LogP contribution in [0.4, 0.5) is 0 Å². The summed E-state index contributed by atoms with van der Waals surface area (Å²) in [4.78, 5) is 11.1. The zero-order valence-corrected chi connectivity index (χ0v) is 6.91. The number of ketones is 1. The third kappa shape index (κ3) is 1.72. The van der Waals surface area contributed by atoms with Crippen molar-refractivity contribution < 1.29 is 9.53 Å². The summed E-state index contributed by atoms with van der Waals surface area (Å²) in [7, 11) is 1.57. The van der Waals surface area contributed by atoms with Gasteiger partial charge in [-0.1, -0.05) is 18.7 Å². The van der Waals surface area contributed by atoms with Gasteiger partial charge in [-0.05, 0) is 18.2 Å². The molecule has 0 radical (unpaired) electrons. The normalized spacial score (nSPS) is 9.08. The van der Waals surface area contributed by atoms with Crippen LogP contribution in [0.2, 0.25) is 0 Å². The zero-order chi connectivity index (χ0) is 8.97. The molecule has 0 fully saturated rings. The lowest BCUT2D eigenvalue weighted by molar-refractivity contribution is 0.104. The second-order valence-electron chi connectivity index (χ2n) is 2.30. The fourth-order valence-electron chi connectivity index (χ4n) is 0.894. The van der Waals surface area contributed by atoms with Gasteiger partial charge >= 0.3 is 0 Å². The molecule has 0 bridgehead atoms. The van der Waals surface area contributed by atoms with Crippen LogP contribution in [0.3, 0.4) is 0 Å². The topological polar surface area (TPSA) is 26.3 Å². The Hall–Kier alpha value is -1.57. The van der Waals surface area contributed by atoms with Crippen molar-refractivity contribution in [3.63, 3.8) is 0 Å². The number of benzene rings is 1. The third-order valence-corrected chi connectivity index (χ3v) is 1.54. The summed E-state index contributed by atoms with van der Waals surface area (Å²) >= 11 is 0. The maximum absolute atomic E-state index is 11.1. The molecule has 0 saturated heterocycles. The molecule has 0 spiro atoms. The maximum Gasteiger partial charge on any atom is 0.185 e. The minimum absolute atomic E-state index is 0.0890. The average Bonchev–Trinajstić information content (AvgIpc) is 2.17. The van der Waals surface area contributed by atoms with Crippen LogP contribution in [0.5, 0.6) is 5.75 Å². The highest BCUT2D eigenvalue weighted by Gasteiger charge is 2.00. The Morgan fingerprint density at radius 1 is 1.58 bits per heavy atom. The van der Waals surface area contributed by atoms with E-state index in [4.69, 9.17) is 4.74 Å². The highest BCUT2D eigenvalue weighted by molar-refractivity contribution is 6.04. The molecule has 0 amide bonds. The van der Waals surface area contributed by atoms with E-state index in [0.717, 1.165) is 0 Å². The van der Waals surface area contributed by atoms with Gasteiger partial charge < -0.3 is 4.74 Å². The number of methoxy groups -OCH3 is 1. The lowest BCUT2D eigenvalue weighted by atomic mass is 10.1. The van der Waals surface area contributed by atoms with Gasteiger partial charge in [-0.3, -0.25) is 4.79 Å². The quantitative estimate of drug-likeness (QED) is 0.502. The number of hydrogen-bond acceptors (Lipinski definition) is 2. The maximum atomic E-state index is 11.1. The number of carbonyl (C=O) groups excluding carboxylic acids is 1. The highest BCUT2D eigenvalue weighted by Crippen LogP contribution is 2.12. The highest BCUT2D eigenvalue weighted by atomic mass is 16.5. The summed E-state index contributed by atoms with van der Waals surface area (Å²) in [6.07, 6.45) is 1.29. The summed E-state index contributed by atoms with van der Waals surface area (Å²) in [5.74, 6) is 0.594. The molecule has 1 rings (SSSR count). The van der Waals surface area contributed by atoms with Crippen molar-refractivity contribution in [2.24, 2.45) is 0 Å². The van der Waals surface area contributed by atoms with E-state index in [1.807, 2.05) is 0 Å². The van der Waals surface area contributed by atoms with Gasteiger partial charge in [0.1, 0.15) is 5.75 Å². The fourth-order valence-corrected chi connectivity index (χ4v) is 0.894. The van der Waals surface area contributed by atoms with Gasteiger partial charge in [0.2, 0.25) is 0 Å². The third-order valence-electron chi connectivity index (χ3n) is 1.54.